The van der Waals surface area contributed by atoms with Crippen LogP contribution >= 0.6 is 0 Å². The number of hydrogen-bond acceptors (Lipinski definition) is 3. The van der Waals surface area contributed by atoms with Gasteiger partial charge in [-0.05, 0) is 36.5 Å². The van der Waals surface area contributed by atoms with Gasteiger partial charge in [-0.3, -0.25) is 9.59 Å². The molecule has 2 aromatic rings. The van der Waals surface area contributed by atoms with Gasteiger partial charge in [-0.2, -0.15) is 0 Å². The van der Waals surface area contributed by atoms with Crippen molar-refractivity contribution in [2.24, 2.45) is 0 Å². The van der Waals surface area contributed by atoms with Gasteiger partial charge in [-0.25, -0.2) is 0 Å². The standard InChI is InChI=1S/C24H32N2O3/c1-6-21(24(28)25-5)26(15-19-13-11-18(4)12-14-19)23(27)16-29-22-10-8-7-9-20(22)17(2)3/h7-14,17,21H,6,15-16H2,1-5H3,(H,25,28). The summed E-state index contributed by atoms with van der Waals surface area (Å²) in [6.07, 6.45) is 0.528. The summed E-state index contributed by atoms with van der Waals surface area (Å²) in [5.74, 6) is 0.619. The summed E-state index contributed by atoms with van der Waals surface area (Å²) in [7, 11) is 1.59. The Labute approximate surface area is 174 Å². The van der Waals surface area contributed by atoms with Gasteiger partial charge < -0.3 is 15.0 Å². The maximum absolute atomic E-state index is 13.1. The van der Waals surface area contributed by atoms with Crippen LogP contribution in [0.3, 0.4) is 0 Å². The van der Waals surface area contributed by atoms with Crippen LogP contribution in [0.25, 0.3) is 0 Å². The Morgan fingerprint density at radius 1 is 1.07 bits per heavy atom. The molecule has 0 aliphatic carbocycles. The number of nitrogens with one attached hydrogen (secondary N) is 1. The summed E-state index contributed by atoms with van der Waals surface area (Å²) in [6, 6.07) is 15.2. The molecule has 2 amide bonds. The number of ether oxygens (including phenoxy) is 1. The molecule has 0 aliphatic heterocycles. The molecule has 0 radical (unpaired) electrons. The van der Waals surface area contributed by atoms with Gasteiger partial charge in [0.15, 0.2) is 6.61 Å². The van der Waals surface area contributed by atoms with E-state index in [-0.39, 0.29) is 18.4 Å². The molecule has 29 heavy (non-hydrogen) atoms. The zero-order valence-electron chi connectivity index (χ0n) is 18.1. The van der Waals surface area contributed by atoms with E-state index in [1.807, 2.05) is 62.4 Å². The lowest BCUT2D eigenvalue weighted by Gasteiger charge is -2.30. The van der Waals surface area contributed by atoms with E-state index in [2.05, 4.69) is 19.2 Å². The quantitative estimate of drug-likeness (QED) is 0.696. The van der Waals surface area contributed by atoms with E-state index in [1.165, 1.54) is 0 Å². The van der Waals surface area contributed by atoms with Crippen molar-refractivity contribution in [3.05, 3.63) is 65.2 Å². The third-order valence-corrected chi connectivity index (χ3v) is 5.00. The Morgan fingerprint density at radius 2 is 1.72 bits per heavy atom. The van der Waals surface area contributed by atoms with Crippen LogP contribution in [0.5, 0.6) is 5.75 Å². The molecule has 1 atom stereocenters. The van der Waals surface area contributed by atoms with Gasteiger partial charge in [-0.15, -0.1) is 0 Å². The fourth-order valence-electron chi connectivity index (χ4n) is 3.29. The second kappa shape index (κ2) is 10.6. The molecule has 0 aliphatic rings. The zero-order chi connectivity index (χ0) is 21.4. The van der Waals surface area contributed by atoms with Crippen molar-refractivity contribution in [3.63, 3.8) is 0 Å². The fourth-order valence-corrected chi connectivity index (χ4v) is 3.29. The lowest BCUT2D eigenvalue weighted by Crippen LogP contribution is -2.49. The predicted octanol–water partition coefficient (Wildman–Crippen LogP) is 4.05. The van der Waals surface area contributed by atoms with Crippen molar-refractivity contribution in [1.29, 1.82) is 0 Å². The molecular formula is C24H32N2O3. The first-order valence-electron chi connectivity index (χ1n) is 10.2. The van der Waals surface area contributed by atoms with E-state index in [0.29, 0.717) is 24.6 Å². The van der Waals surface area contributed by atoms with Crippen molar-refractivity contribution in [3.8, 4) is 5.75 Å². The van der Waals surface area contributed by atoms with Gasteiger partial charge in [0.25, 0.3) is 5.91 Å². The van der Waals surface area contributed by atoms with Crippen molar-refractivity contribution >= 4 is 11.8 Å². The molecule has 1 N–H and O–H groups in total. The van der Waals surface area contributed by atoms with Crippen LogP contribution in [-0.4, -0.2) is 36.4 Å². The third-order valence-electron chi connectivity index (χ3n) is 5.00. The highest BCUT2D eigenvalue weighted by molar-refractivity contribution is 5.88. The van der Waals surface area contributed by atoms with E-state index < -0.39 is 6.04 Å². The first kappa shape index (κ1) is 22.5. The summed E-state index contributed by atoms with van der Waals surface area (Å²) >= 11 is 0. The molecule has 0 saturated carbocycles. The number of amides is 2. The van der Waals surface area contributed by atoms with Gasteiger partial charge in [0.2, 0.25) is 5.91 Å². The molecule has 0 bridgehead atoms. The number of benzene rings is 2. The number of aryl methyl sites for hydroxylation is 1. The van der Waals surface area contributed by atoms with Crippen LogP contribution in [0, 0.1) is 6.92 Å². The molecule has 2 aromatic carbocycles. The molecule has 0 fully saturated rings. The number of likely N-dealkylation sites (N-methyl/N-ethyl adjacent to an activating group) is 1. The van der Waals surface area contributed by atoms with Crippen LogP contribution in [0.15, 0.2) is 48.5 Å². The van der Waals surface area contributed by atoms with Gasteiger partial charge in [-0.1, -0.05) is 68.8 Å². The van der Waals surface area contributed by atoms with E-state index >= 15 is 0 Å². The molecule has 2 rings (SSSR count). The van der Waals surface area contributed by atoms with Crippen molar-refractivity contribution in [2.45, 2.75) is 52.6 Å². The van der Waals surface area contributed by atoms with Crippen molar-refractivity contribution < 1.29 is 14.3 Å². The maximum Gasteiger partial charge on any atom is 0.261 e. The van der Waals surface area contributed by atoms with E-state index in [0.717, 1.165) is 16.7 Å². The fraction of sp³-hybridized carbons (Fsp3) is 0.417. The van der Waals surface area contributed by atoms with Crippen molar-refractivity contribution in [1.82, 2.24) is 10.2 Å². The van der Waals surface area contributed by atoms with Gasteiger partial charge in [0, 0.05) is 13.6 Å². The van der Waals surface area contributed by atoms with E-state index in [9.17, 15) is 9.59 Å². The summed E-state index contributed by atoms with van der Waals surface area (Å²) < 4.78 is 5.88. The number of nitrogens with zero attached hydrogens (tertiary/aromatic N) is 1. The molecule has 1 unspecified atom stereocenters. The molecule has 5 heteroatoms. The molecule has 0 aromatic heterocycles. The van der Waals surface area contributed by atoms with Gasteiger partial charge in [0.1, 0.15) is 11.8 Å². The average Bonchev–Trinajstić information content (AvgIpc) is 2.73. The van der Waals surface area contributed by atoms with Crippen LogP contribution in [0.2, 0.25) is 0 Å². The highest BCUT2D eigenvalue weighted by Gasteiger charge is 2.28. The number of carbonyl (C=O) groups is 2. The Kier molecular flexibility index (Phi) is 8.25. The average molecular weight is 397 g/mol. The molecule has 0 heterocycles. The topological polar surface area (TPSA) is 58.6 Å². The Hall–Kier alpha value is -2.82. The molecule has 0 saturated heterocycles. The maximum atomic E-state index is 13.1. The minimum absolute atomic E-state index is 0.108. The van der Waals surface area contributed by atoms with E-state index in [1.54, 1.807) is 11.9 Å². The minimum atomic E-state index is -0.544. The zero-order valence-corrected chi connectivity index (χ0v) is 18.1. The number of carbonyl (C=O) groups excluding carboxylic acids is 2. The van der Waals surface area contributed by atoms with Crippen LogP contribution < -0.4 is 10.1 Å². The minimum Gasteiger partial charge on any atom is -0.483 e. The highest BCUT2D eigenvalue weighted by Crippen LogP contribution is 2.26. The third kappa shape index (κ3) is 6.08. The summed E-state index contributed by atoms with van der Waals surface area (Å²) in [5, 5.41) is 2.67. The smallest absolute Gasteiger partial charge is 0.261 e. The summed E-state index contributed by atoms with van der Waals surface area (Å²) in [6.45, 7) is 8.36. The molecule has 0 spiro atoms. The molecular weight excluding hydrogens is 364 g/mol. The molecule has 156 valence electrons. The van der Waals surface area contributed by atoms with Crippen LogP contribution in [0.4, 0.5) is 0 Å². The lowest BCUT2D eigenvalue weighted by atomic mass is 10.0. The lowest BCUT2D eigenvalue weighted by molar-refractivity contribution is -0.142. The summed E-state index contributed by atoms with van der Waals surface area (Å²) in [4.78, 5) is 27.1. The van der Waals surface area contributed by atoms with Gasteiger partial charge in [0.05, 0.1) is 0 Å². The highest BCUT2D eigenvalue weighted by atomic mass is 16.5. The Balaban J connectivity index is 2.21. The van der Waals surface area contributed by atoms with E-state index in [4.69, 9.17) is 4.74 Å². The largest absolute Gasteiger partial charge is 0.483 e. The second-order valence-corrected chi connectivity index (χ2v) is 7.53. The first-order chi connectivity index (χ1) is 13.9. The first-order valence-corrected chi connectivity index (χ1v) is 10.2. The monoisotopic (exact) mass is 396 g/mol. The number of hydrogen-bond donors (Lipinski definition) is 1. The summed E-state index contributed by atoms with van der Waals surface area (Å²) in [5.41, 5.74) is 3.19. The van der Waals surface area contributed by atoms with Crippen LogP contribution in [0.1, 0.15) is 49.8 Å². The van der Waals surface area contributed by atoms with Gasteiger partial charge >= 0.3 is 0 Å². The normalized spacial score (nSPS) is 11.8. The Bertz CT molecular complexity index is 815. The number of rotatable bonds is 9. The molecule has 5 nitrogen and oxygen atoms in total. The predicted molar refractivity (Wildman–Crippen MR) is 116 cm³/mol. The number of para-hydroxylation sites is 1. The van der Waals surface area contributed by atoms with Crippen LogP contribution in [-0.2, 0) is 16.1 Å². The van der Waals surface area contributed by atoms with Crippen molar-refractivity contribution in [2.75, 3.05) is 13.7 Å². The SMILES string of the molecule is CCC(C(=O)NC)N(Cc1ccc(C)cc1)C(=O)COc1ccccc1C(C)C. The Morgan fingerprint density at radius 3 is 2.31 bits per heavy atom. The second-order valence-electron chi connectivity index (χ2n) is 7.53.